The number of rotatable bonds is 9. The zero-order chi connectivity index (χ0) is 22.1. The second-order valence-electron chi connectivity index (χ2n) is 7.02. The highest BCUT2D eigenvalue weighted by atomic mass is 79.9. The van der Waals surface area contributed by atoms with E-state index >= 15 is 0 Å². The summed E-state index contributed by atoms with van der Waals surface area (Å²) >= 11 is 3.48. The van der Waals surface area contributed by atoms with Crippen molar-refractivity contribution in [3.05, 3.63) is 94.0 Å². The average Bonchev–Trinajstić information content (AvgIpc) is 2.79. The molecule has 0 fully saturated rings. The minimum atomic E-state index is -0.261. The van der Waals surface area contributed by atoms with Crippen molar-refractivity contribution in [2.45, 2.75) is 19.8 Å². The Morgan fingerprint density at radius 2 is 1.68 bits per heavy atom. The number of hydrogen-bond acceptors (Lipinski definition) is 3. The summed E-state index contributed by atoms with van der Waals surface area (Å²) in [6.45, 7) is 3.15. The van der Waals surface area contributed by atoms with Gasteiger partial charge in [-0.25, -0.2) is 0 Å². The maximum absolute atomic E-state index is 12.7. The van der Waals surface area contributed by atoms with Crippen molar-refractivity contribution in [3.8, 4) is 5.75 Å². The van der Waals surface area contributed by atoms with Crippen LogP contribution in [0, 0.1) is 0 Å². The van der Waals surface area contributed by atoms with E-state index in [1.807, 2.05) is 25.1 Å². The first kappa shape index (κ1) is 22.6. The third-order valence-corrected chi connectivity index (χ3v) is 5.22. The van der Waals surface area contributed by atoms with Crippen LogP contribution in [0.15, 0.2) is 77.3 Å². The summed E-state index contributed by atoms with van der Waals surface area (Å²) in [5.74, 6) is 0.266. The van der Waals surface area contributed by atoms with Crippen LogP contribution in [0.3, 0.4) is 0 Å². The number of carbonyl (C=O) groups is 2. The van der Waals surface area contributed by atoms with Gasteiger partial charge in [0.25, 0.3) is 11.8 Å². The highest BCUT2D eigenvalue weighted by Gasteiger charge is 2.11. The fourth-order valence-electron chi connectivity index (χ4n) is 2.96. The Kier molecular flexibility index (Phi) is 8.24. The molecular formula is C25H25BrN2O3. The van der Waals surface area contributed by atoms with Crippen LogP contribution >= 0.6 is 15.9 Å². The Hall–Kier alpha value is -3.12. The molecule has 0 aromatic heterocycles. The Morgan fingerprint density at radius 3 is 2.42 bits per heavy atom. The van der Waals surface area contributed by atoms with Crippen molar-refractivity contribution >= 4 is 33.4 Å². The monoisotopic (exact) mass is 480 g/mol. The number of benzene rings is 3. The van der Waals surface area contributed by atoms with Gasteiger partial charge in [-0.2, -0.15) is 0 Å². The fourth-order valence-corrected chi connectivity index (χ4v) is 3.46. The summed E-state index contributed by atoms with van der Waals surface area (Å²) in [7, 11) is 0. The molecule has 0 bridgehead atoms. The minimum absolute atomic E-state index is 0.155. The topological polar surface area (TPSA) is 67.4 Å². The predicted octanol–water partition coefficient (Wildman–Crippen LogP) is 5.46. The quantitative estimate of drug-likeness (QED) is 0.427. The van der Waals surface area contributed by atoms with Gasteiger partial charge in [0.2, 0.25) is 0 Å². The summed E-state index contributed by atoms with van der Waals surface area (Å²) in [5, 5.41) is 5.67. The van der Waals surface area contributed by atoms with Gasteiger partial charge in [-0.05, 0) is 64.3 Å². The SMILES string of the molecule is CCCNC(=O)c1cccc(NC(=O)c2ccc(OCCc3ccccc3)c(Br)c2)c1. The van der Waals surface area contributed by atoms with Crippen LogP contribution in [-0.2, 0) is 6.42 Å². The maximum Gasteiger partial charge on any atom is 0.255 e. The van der Waals surface area contributed by atoms with Crippen LogP contribution in [-0.4, -0.2) is 25.0 Å². The summed E-state index contributed by atoms with van der Waals surface area (Å²) in [4.78, 5) is 24.8. The zero-order valence-electron chi connectivity index (χ0n) is 17.4. The molecule has 0 unspecified atom stereocenters. The third kappa shape index (κ3) is 6.69. The molecule has 0 saturated carbocycles. The number of anilines is 1. The van der Waals surface area contributed by atoms with Gasteiger partial charge in [0.1, 0.15) is 5.75 Å². The Labute approximate surface area is 191 Å². The van der Waals surface area contributed by atoms with Crippen LogP contribution < -0.4 is 15.4 Å². The van der Waals surface area contributed by atoms with E-state index in [0.29, 0.717) is 40.2 Å². The van der Waals surface area contributed by atoms with Crippen molar-refractivity contribution in [2.75, 3.05) is 18.5 Å². The van der Waals surface area contributed by atoms with E-state index in [2.05, 4.69) is 38.7 Å². The highest BCUT2D eigenvalue weighted by molar-refractivity contribution is 9.10. The number of carbonyl (C=O) groups excluding carboxylic acids is 2. The van der Waals surface area contributed by atoms with Crippen molar-refractivity contribution in [2.24, 2.45) is 0 Å². The van der Waals surface area contributed by atoms with Gasteiger partial charge in [-0.15, -0.1) is 0 Å². The molecule has 2 N–H and O–H groups in total. The lowest BCUT2D eigenvalue weighted by molar-refractivity contribution is 0.0952. The number of amides is 2. The molecule has 6 heteroatoms. The van der Waals surface area contributed by atoms with Crippen LogP contribution in [0.2, 0.25) is 0 Å². The van der Waals surface area contributed by atoms with Gasteiger partial charge >= 0.3 is 0 Å². The lowest BCUT2D eigenvalue weighted by Gasteiger charge is -2.11. The first-order valence-electron chi connectivity index (χ1n) is 10.2. The second kappa shape index (κ2) is 11.3. The van der Waals surface area contributed by atoms with Crippen LogP contribution in [0.25, 0.3) is 0 Å². The summed E-state index contributed by atoms with van der Waals surface area (Å²) < 4.78 is 6.55. The molecule has 0 atom stereocenters. The van der Waals surface area contributed by atoms with Crippen molar-refractivity contribution in [1.29, 1.82) is 0 Å². The smallest absolute Gasteiger partial charge is 0.255 e. The van der Waals surface area contributed by atoms with Crippen molar-refractivity contribution in [3.63, 3.8) is 0 Å². The molecule has 2 amide bonds. The average molecular weight is 481 g/mol. The van der Waals surface area contributed by atoms with E-state index < -0.39 is 0 Å². The third-order valence-electron chi connectivity index (χ3n) is 4.60. The molecule has 3 aromatic rings. The van der Waals surface area contributed by atoms with Gasteiger partial charge in [0, 0.05) is 29.8 Å². The molecule has 0 heterocycles. The summed E-state index contributed by atoms with van der Waals surface area (Å²) in [6, 6.07) is 22.2. The molecule has 160 valence electrons. The fraction of sp³-hybridized carbons (Fsp3) is 0.200. The van der Waals surface area contributed by atoms with Crippen LogP contribution in [0.4, 0.5) is 5.69 Å². The molecule has 3 rings (SSSR count). The molecule has 0 aliphatic rings. The second-order valence-corrected chi connectivity index (χ2v) is 7.87. The molecule has 5 nitrogen and oxygen atoms in total. The molecule has 3 aromatic carbocycles. The molecule has 0 saturated heterocycles. The van der Waals surface area contributed by atoms with E-state index in [1.165, 1.54) is 5.56 Å². The number of nitrogens with one attached hydrogen (secondary N) is 2. The van der Waals surface area contributed by atoms with E-state index in [1.54, 1.807) is 42.5 Å². The highest BCUT2D eigenvalue weighted by Crippen LogP contribution is 2.26. The van der Waals surface area contributed by atoms with E-state index in [0.717, 1.165) is 12.8 Å². The van der Waals surface area contributed by atoms with Gasteiger partial charge < -0.3 is 15.4 Å². The van der Waals surface area contributed by atoms with E-state index in [9.17, 15) is 9.59 Å². The molecular weight excluding hydrogens is 456 g/mol. The summed E-state index contributed by atoms with van der Waals surface area (Å²) in [6.07, 6.45) is 1.67. The van der Waals surface area contributed by atoms with Gasteiger partial charge in [0.05, 0.1) is 11.1 Å². The lowest BCUT2D eigenvalue weighted by atomic mass is 10.1. The Morgan fingerprint density at radius 1 is 0.903 bits per heavy atom. The number of hydrogen-bond donors (Lipinski definition) is 2. The minimum Gasteiger partial charge on any atom is -0.492 e. The van der Waals surface area contributed by atoms with E-state index in [4.69, 9.17) is 4.74 Å². The number of halogens is 1. The van der Waals surface area contributed by atoms with Crippen LogP contribution in [0.1, 0.15) is 39.6 Å². The first-order chi connectivity index (χ1) is 15.1. The van der Waals surface area contributed by atoms with Gasteiger partial charge in [0.15, 0.2) is 0 Å². The molecule has 0 aliphatic heterocycles. The molecule has 0 spiro atoms. The standard InChI is InChI=1S/C25H25BrN2O3/c1-2-14-27-24(29)19-9-6-10-21(16-19)28-25(30)20-11-12-23(22(26)17-20)31-15-13-18-7-4-3-5-8-18/h3-12,16-17H,2,13-15H2,1H3,(H,27,29)(H,28,30). The van der Waals surface area contributed by atoms with Crippen molar-refractivity contribution < 1.29 is 14.3 Å². The lowest BCUT2D eigenvalue weighted by Crippen LogP contribution is -2.24. The molecule has 0 aliphatic carbocycles. The largest absolute Gasteiger partial charge is 0.492 e. The summed E-state index contributed by atoms with van der Waals surface area (Å²) in [5.41, 5.74) is 2.77. The van der Waals surface area contributed by atoms with Gasteiger partial charge in [-0.1, -0.05) is 43.3 Å². The zero-order valence-corrected chi connectivity index (χ0v) is 18.9. The normalized spacial score (nSPS) is 10.4. The maximum atomic E-state index is 12.7. The van der Waals surface area contributed by atoms with Gasteiger partial charge in [-0.3, -0.25) is 9.59 Å². The van der Waals surface area contributed by atoms with Crippen molar-refractivity contribution in [1.82, 2.24) is 5.32 Å². The first-order valence-corrected chi connectivity index (χ1v) is 11.0. The van der Waals surface area contributed by atoms with Crippen LogP contribution in [0.5, 0.6) is 5.75 Å². The Bertz CT molecular complexity index is 1040. The number of ether oxygens (including phenoxy) is 1. The predicted molar refractivity (Wildman–Crippen MR) is 127 cm³/mol. The van der Waals surface area contributed by atoms with E-state index in [-0.39, 0.29) is 11.8 Å². The molecule has 31 heavy (non-hydrogen) atoms. The Balaban J connectivity index is 1.59. The molecule has 0 radical (unpaired) electrons.